The first-order valence-corrected chi connectivity index (χ1v) is 10.5. The number of likely N-dealkylation sites (N-methyl/N-ethyl adjacent to an activating group) is 2. The second-order valence-corrected chi connectivity index (χ2v) is 9.01. The fraction of sp³-hybridized carbons (Fsp3) is 0.450. The molecule has 3 aromatic rings. The summed E-state index contributed by atoms with van der Waals surface area (Å²) in [6, 6.07) is 3.91. The van der Waals surface area contributed by atoms with Crippen molar-refractivity contribution in [3.63, 3.8) is 0 Å². The third-order valence-electron chi connectivity index (χ3n) is 5.38. The van der Waals surface area contributed by atoms with Gasteiger partial charge in [-0.15, -0.1) is 11.3 Å². The molecular formula is C20H26N6O2S. The zero-order valence-electron chi connectivity index (χ0n) is 16.9. The lowest BCUT2D eigenvalue weighted by atomic mass is 10.2. The third-order valence-corrected chi connectivity index (χ3v) is 6.29. The lowest BCUT2D eigenvalue weighted by Gasteiger charge is -2.23. The quantitative estimate of drug-likeness (QED) is 0.638. The number of likely N-dealkylation sites (tertiary alicyclic amines) is 1. The van der Waals surface area contributed by atoms with Gasteiger partial charge in [0.1, 0.15) is 5.56 Å². The first kappa shape index (κ1) is 19.8. The van der Waals surface area contributed by atoms with Gasteiger partial charge in [0.05, 0.1) is 12.2 Å². The predicted octanol–water partition coefficient (Wildman–Crippen LogP) is 1.46. The number of nitrogens with one attached hydrogen (secondary N) is 2. The van der Waals surface area contributed by atoms with Gasteiger partial charge in [0.2, 0.25) is 0 Å². The van der Waals surface area contributed by atoms with Gasteiger partial charge in [-0.1, -0.05) is 0 Å². The molecule has 1 saturated heterocycles. The number of aryl methyl sites for hydroxylation is 1. The monoisotopic (exact) mass is 414 g/mol. The zero-order valence-corrected chi connectivity index (χ0v) is 17.8. The van der Waals surface area contributed by atoms with Crippen LogP contribution in [-0.2, 0) is 13.1 Å². The van der Waals surface area contributed by atoms with Gasteiger partial charge in [0, 0.05) is 42.1 Å². The summed E-state index contributed by atoms with van der Waals surface area (Å²) in [6.07, 6.45) is 5.02. The molecule has 1 atom stereocenters. The van der Waals surface area contributed by atoms with Gasteiger partial charge in [-0.2, -0.15) is 0 Å². The number of rotatable bonds is 6. The molecule has 0 aromatic carbocycles. The Labute approximate surface area is 173 Å². The molecule has 4 rings (SSSR count). The Morgan fingerprint density at radius 1 is 1.41 bits per heavy atom. The maximum Gasteiger partial charge on any atom is 0.261 e. The van der Waals surface area contributed by atoms with E-state index in [2.05, 4.69) is 39.2 Å². The van der Waals surface area contributed by atoms with E-state index < -0.39 is 5.91 Å². The van der Waals surface area contributed by atoms with Gasteiger partial charge in [-0.3, -0.25) is 18.9 Å². The molecule has 1 amide bonds. The highest BCUT2D eigenvalue weighted by atomic mass is 32.1. The Kier molecular flexibility index (Phi) is 5.53. The van der Waals surface area contributed by atoms with Crippen molar-refractivity contribution in [2.75, 3.05) is 27.2 Å². The molecule has 4 heterocycles. The lowest BCUT2D eigenvalue weighted by molar-refractivity contribution is 0.0949. The van der Waals surface area contributed by atoms with Crippen molar-refractivity contribution >= 4 is 22.2 Å². The molecule has 0 saturated carbocycles. The van der Waals surface area contributed by atoms with Gasteiger partial charge >= 0.3 is 0 Å². The van der Waals surface area contributed by atoms with Crippen molar-refractivity contribution in [1.82, 2.24) is 29.5 Å². The average Bonchev–Trinajstić information content (AvgIpc) is 3.34. The number of carbonyl (C=O) groups is 1. The molecule has 1 fully saturated rings. The normalized spacial score (nSPS) is 17.4. The Morgan fingerprint density at radius 3 is 2.93 bits per heavy atom. The molecule has 1 aliphatic heterocycles. The number of aromatic amines is 1. The van der Waals surface area contributed by atoms with Gasteiger partial charge in [0.15, 0.2) is 4.96 Å². The van der Waals surface area contributed by atoms with Crippen LogP contribution in [-0.4, -0.2) is 63.3 Å². The topological polar surface area (TPSA) is 85.7 Å². The molecule has 3 aromatic heterocycles. The largest absolute Gasteiger partial charge is 0.346 e. The predicted molar refractivity (Wildman–Crippen MR) is 113 cm³/mol. The Hall–Kier alpha value is -2.49. The van der Waals surface area contributed by atoms with Crippen molar-refractivity contribution < 1.29 is 4.79 Å². The van der Waals surface area contributed by atoms with Gasteiger partial charge < -0.3 is 15.2 Å². The van der Waals surface area contributed by atoms with Crippen LogP contribution in [0.3, 0.4) is 0 Å². The molecule has 1 aliphatic rings. The molecule has 8 nitrogen and oxygen atoms in total. The van der Waals surface area contributed by atoms with Crippen molar-refractivity contribution in [1.29, 1.82) is 0 Å². The molecule has 0 spiro atoms. The first-order valence-electron chi connectivity index (χ1n) is 9.72. The number of amides is 1. The Balaban J connectivity index is 1.37. The van der Waals surface area contributed by atoms with Gasteiger partial charge in [-0.25, -0.2) is 4.98 Å². The smallest absolute Gasteiger partial charge is 0.261 e. The molecule has 9 heteroatoms. The van der Waals surface area contributed by atoms with Crippen LogP contribution in [0.4, 0.5) is 0 Å². The van der Waals surface area contributed by atoms with E-state index in [4.69, 9.17) is 0 Å². The van der Waals surface area contributed by atoms with Crippen LogP contribution >= 0.6 is 11.3 Å². The number of fused-ring (bicyclic) bond motifs is 1. The number of nitrogens with zero attached hydrogens (tertiary/aromatic N) is 4. The SMILES string of the molecule is Cc1cn2cc(CNC(=O)c3ccc(CN(C)C4CCN(C)C4)[nH]c3=O)nc2s1. The number of hydrogen-bond acceptors (Lipinski definition) is 6. The zero-order chi connectivity index (χ0) is 20.5. The summed E-state index contributed by atoms with van der Waals surface area (Å²) in [5, 5.41) is 2.79. The van der Waals surface area contributed by atoms with E-state index in [1.807, 2.05) is 29.8 Å². The van der Waals surface area contributed by atoms with E-state index in [0.29, 0.717) is 12.6 Å². The summed E-state index contributed by atoms with van der Waals surface area (Å²) >= 11 is 1.60. The standard InChI is InChI=1S/C20H26N6O2S/c1-13-9-26-11-15(23-20(26)29-13)8-21-18(27)17-5-4-14(22-19(17)28)10-25(3)16-6-7-24(2)12-16/h4-5,9,11,16H,6-8,10,12H2,1-3H3,(H,21,27)(H,22,28). The molecule has 0 radical (unpaired) electrons. The Bertz CT molecular complexity index is 1050. The summed E-state index contributed by atoms with van der Waals surface area (Å²) in [4.78, 5) is 38.8. The number of H-pyrrole nitrogens is 1. The second-order valence-electron chi connectivity index (χ2n) is 7.79. The van der Waals surface area contributed by atoms with E-state index in [9.17, 15) is 9.59 Å². The van der Waals surface area contributed by atoms with Crippen LogP contribution in [0.1, 0.15) is 33.0 Å². The van der Waals surface area contributed by atoms with Crippen molar-refractivity contribution in [3.8, 4) is 0 Å². The molecule has 2 N–H and O–H groups in total. The molecule has 0 aliphatic carbocycles. The minimum Gasteiger partial charge on any atom is -0.346 e. The minimum atomic E-state index is -0.392. The maximum absolute atomic E-state index is 12.4. The van der Waals surface area contributed by atoms with E-state index >= 15 is 0 Å². The molecule has 0 bridgehead atoms. The summed E-state index contributed by atoms with van der Waals surface area (Å²) in [7, 11) is 4.19. The first-order chi connectivity index (χ1) is 13.9. The molecule has 29 heavy (non-hydrogen) atoms. The number of thiazole rings is 1. The number of imidazole rings is 1. The van der Waals surface area contributed by atoms with Crippen LogP contribution in [0.25, 0.3) is 4.96 Å². The van der Waals surface area contributed by atoms with Gasteiger partial charge in [0.25, 0.3) is 11.5 Å². The van der Waals surface area contributed by atoms with E-state index in [-0.39, 0.29) is 17.7 Å². The van der Waals surface area contributed by atoms with Crippen LogP contribution in [0.15, 0.2) is 29.3 Å². The molecule has 154 valence electrons. The summed E-state index contributed by atoms with van der Waals surface area (Å²) in [6.45, 7) is 5.10. The van der Waals surface area contributed by atoms with Crippen molar-refractivity contribution in [3.05, 3.63) is 56.7 Å². The summed E-state index contributed by atoms with van der Waals surface area (Å²) in [5.74, 6) is -0.392. The molecule has 1 unspecified atom stereocenters. The van der Waals surface area contributed by atoms with Gasteiger partial charge in [-0.05, 0) is 46.1 Å². The van der Waals surface area contributed by atoms with Crippen LogP contribution in [0.2, 0.25) is 0 Å². The van der Waals surface area contributed by atoms with E-state index in [1.165, 1.54) is 4.88 Å². The highest BCUT2D eigenvalue weighted by Gasteiger charge is 2.23. The van der Waals surface area contributed by atoms with Crippen LogP contribution in [0.5, 0.6) is 0 Å². The van der Waals surface area contributed by atoms with Crippen LogP contribution < -0.4 is 10.9 Å². The lowest BCUT2D eigenvalue weighted by Crippen LogP contribution is -2.34. The highest BCUT2D eigenvalue weighted by Crippen LogP contribution is 2.17. The summed E-state index contributed by atoms with van der Waals surface area (Å²) in [5.41, 5.74) is 1.33. The minimum absolute atomic E-state index is 0.119. The number of pyridine rings is 1. The number of aromatic nitrogens is 3. The second kappa shape index (κ2) is 8.10. The maximum atomic E-state index is 12.4. The van der Waals surface area contributed by atoms with Crippen LogP contribution in [0, 0.1) is 6.92 Å². The fourth-order valence-corrected chi connectivity index (χ4v) is 4.59. The van der Waals surface area contributed by atoms with Crippen molar-refractivity contribution in [2.45, 2.75) is 32.5 Å². The number of hydrogen-bond donors (Lipinski definition) is 2. The third kappa shape index (κ3) is 4.42. The highest BCUT2D eigenvalue weighted by molar-refractivity contribution is 7.16. The van der Waals surface area contributed by atoms with Crippen molar-refractivity contribution in [2.24, 2.45) is 0 Å². The average molecular weight is 415 g/mol. The fourth-order valence-electron chi connectivity index (χ4n) is 3.77. The van der Waals surface area contributed by atoms with E-state index in [1.54, 1.807) is 17.4 Å². The summed E-state index contributed by atoms with van der Waals surface area (Å²) < 4.78 is 1.95. The van der Waals surface area contributed by atoms with E-state index in [0.717, 1.165) is 35.9 Å². The molecular weight excluding hydrogens is 388 g/mol. The number of carbonyl (C=O) groups excluding carboxylic acids is 1. The Morgan fingerprint density at radius 2 is 2.24 bits per heavy atom.